The second kappa shape index (κ2) is 7.32. The van der Waals surface area contributed by atoms with Crippen molar-refractivity contribution in [2.45, 2.75) is 13.8 Å². The SMILES string of the molecule is CC(=O)/C(=C\c1ccc([N+](=O)[O-])cc1)C(=O)Nc1ccccc1C. The molecule has 24 heavy (non-hydrogen) atoms. The molecule has 0 fully saturated rings. The number of nitrogens with zero attached hydrogens (tertiary/aromatic N) is 1. The quantitative estimate of drug-likeness (QED) is 0.300. The highest BCUT2D eigenvalue weighted by Gasteiger charge is 2.15. The molecule has 6 heteroatoms. The molecule has 2 aromatic carbocycles. The number of nitro benzene ring substituents is 1. The number of ketones is 1. The van der Waals surface area contributed by atoms with E-state index in [2.05, 4.69) is 5.32 Å². The second-order valence-electron chi connectivity index (χ2n) is 5.23. The average molecular weight is 324 g/mol. The van der Waals surface area contributed by atoms with E-state index in [4.69, 9.17) is 0 Å². The predicted octanol–water partition coefficient (Wildman–Crippen LogP) is 3.51. The highest BCUT2D eigenvalue weighted by Crippen LogP contribution is 2.17. The third kappa shape index (κ3) is 4.13. The first-order valence-corrected chi connectivity index (χ1v) is 7.22. The number of aryl methyl sites for hydroxylation is 1. The van der Waals surface area contributed by atoms with Gasteiger partial charge in [-0.05, 0) is 49.2 Å². The summed E-state index contributed by atoms with van der Waals surface area (Å²) in [4.78, 5) is 34.3. The Morgan fingerprint density at radius 3 is 2.25 bits per heavy atom. The lowest BCUT2D eigenvalue weighted by Gasteiger charge is -2.09. The first kappa shape index (κ1) is 17.1. The van der Waals surface area contributed by atoms with Gasteiger partial charge < -0.3 is 5.32 Å². The second-order valence-corrected chi connectivity index (χ2v) is 5.23. The number of carbonyl (C=O) groups excluding carboxylic acids is 2. The van der Waals surface area contributed by atoms with E-state index in [0.29, 0.717) is 11.3 Å². The summed E-state index contributed by atoms with van der Waals surface area (Å²) >= 11 is 0. The van der Waals surface area contributed by atoms with Gasteiger partial charge >= 0.3 is 0 Å². The van der Waals surface area contributed by atoms with E-state index >= 15 is 0 Å². The molecule has 1 N–H and O–H groups in total. The van der Waals surface area contributed by atoms with Crippen LogP contribution in [0.5, 0.6) is 0 Å². The van der Waals surface area contributed by atoms with E-state index in [-0.39, 0.29) is 17.0 Å². The fourth-order valence-electron chi connectivity index (χ4n) is 2.09. The van der Waals surface area contributed by atoms with Gasteiger partial charge in [0, 0.05) is 17.8 Å². The van der Waals surface area contributed by atoms with Crippen LogP contribution >= 0.6 is 0 Å². The molecule has 0 atom stereocenters. The van der Waals surface area contributed by atoms with Crippen LogP contribution in [-0.2, 0) is 9.59 Å². The number of nitro groups is 1. The van der Waals surface area contributed by atoms with Crippen LogP contribution in [-0.4, -0.2) is 16.6 Å². The average Bonchev–Trinajstić information content (AvgIpc) is 2.54. The summed E-state index contributed by atoms with van der Waals surface area (Å²) in [6.45, 7) is 3.15. The number of nitrogens with one attached hydrogen (secondary N) is 1. The van der Waals surface area contributed by atoms with Crippen LogP contribution in [0.4, 0.5) is 11.4 Å². The van der Waals surface area contributed by atoms with Crippen molar-refractivity contribution in [3.8, 4) is 0 Å². The molecule has 122 valence electrons. The monoisotopic (exact) mass is 324 g/mol. The van der Waals surface area contributed by atoms with E-state index in [1.807, 2.05) is 19.1 Å². The van der Waals surface area contributed by atoms with Crippen LogP contribution in [0.15, 0.2) is 54.1 Å². The van der Waals surface area contributed by atoms with Gasteiger partial charge in [0.1, 0.15) is 0 Å². The Bertz CT molecular complexity index is 823. The fourth-order valence-corrected chi connectivity index (χ4v) is 2.09. The van der Waals surface area contributed by atoms with Crippen LogP contribution < -0.4 is 5.32 Å². The number of non-ortho nitro benzene ring substituents is 1. The molecule has 6 nitrogen and oxygen atoms in total. The van der Waals surface area contributed by atoms with E-state index in [9.17, 15) is 19.7 Å². The molecule has 0 aliphatic rings. The molecular formula is C18H16N2O4. The fraction of sp³-hybridized carbons (Fsp3) is 0.111. The first-order valence-electron chi connectivity index (χ1n) is 7.22. The van der Waals surface area contributed by atoms with Crippen molar-refractivity contribution in [2.75, 3.05) is 5.32 Å². The lowest BCUT2D eigenvalue weighted by Crippen LogP contribution is -2.19. The van der Waals surface area contributed by atoms with Crippen molar-refractivity contribution in [3.63, 3.8) is 0 Å². The molecule has 0 aromatic heterocycles. The van der Waals surface area contributed by atoms with Crippen molar-refractivity contribution in [1.29, 1.82) is 0 Å². The molecule has 2 rings (SSSR count). The Labute approximate surface area is 139 Å². The molecule has 0 bridgehead atoms. The number of carbonyl (C=O) groups is 2. The van der Waals surface area contributed by atoms with E-state index in [0.717, 1.165) is 5.56 Å². The van der Waals surface area contributed by atoms with Gasteiger partial charge in [0.2, 0.25) is 0 Å². The topological polar surface area (TPSA) is 89.3 Å². The Morgan fingerprint density at radius 1 is 1.08 bits per heavy atom. The van der Waals surface area contributed by atoms with Gasteiger partial charge in [-0.2, -0.15) is 0 Å². The minimum atomic E-state index is -0.518. The number of hydrogen-bond acceptors (Lipinski definition) is 4. The van der Waals surface area contributed by atoms with Crippen LogP contribution in [0, 0.1) is 17.0 Å². The third-order valence-corrected chi connectivity index (χ3v) is 3.43. The van der Waals surface area contributed by atoms with Gasteiger partial charge in [0.05, 0.1) is 10.5 Å². The number of benzene rings is 2. The van der Waals surface area contributed by atoms with Gasteiger partial charge in [-0.15, -0.1) is 0 Å². The van der Waals surface area contributed by atoms with Gasteiger partial charge in [0.15, 0.2) is 5.78 Å². The minimum absolute atomic E-state index is 0.0212. The molecule has 2 aromatic rings. The highest BCUT2D eigenvalue weighted by atomic mass is 16.6. The number of anilines is 1. The highest BCUT2D eigenvalue weighted by molar-refractivity contribution is 6.25. The Morgan fingerprint density at radius 2 is 1.71 bits per heavy atom. The lowest BCUT2D eigenvalue weighted by molar-refractivity contribution is -0.384. The molecular weight excluding hydrogens is 308 g/mol. The van der Waals surface area contributed by atoms with Gasteiger partial charge in [-0.3, -0.25) is 19.7 Å². The predicted molar refractivity (Wildman–Crippen MR) is 91.6 cm³/mol. The van der Waals surface area contributed by atoms with Crippen molar-refractivity contribution in [2.24, 2.45) is 0 Å². The zero-order valence-corrected chi connectivity index (χ0v) is 13.3. The van der Waals surface area contributed by atoms with Crippen LogP contribution in [0.3, 0.4) is 0 Å². The van der Waals surface area contributed by atoms with Crippen molar-refractivity contribution >= 4 is 29.1 Å². The summed E-state index contributed by atoms with van der Waals surface area (Å²) in [5.41, 5.74) is 1.96. The standard InChI is InChI=1S/C18H16N2O4/c1-12-5-3-4-6-17(12)19-18(22)16(13(2)21)11-14-7-9-15(10-8-14)20(23)24/h3-11H,1-2H3,(H,19,22)/b16-11+. The Hall–Kier alpha value is -3.28. The minimum Gasteiger partial charge on any atom is -0.322 e. The summed E-state index contributed by atoms with van der Waals surface area (Å²) in [7, 11) is 0. The van der Waals surface area contributed by atoms with Crippen molar-refractivity contribution in [1.82, 2.24) is 0 Å². The van der Waals surface area contributed by atoms with Gasteiger partial charge in [-0.25, -0.2) is 0 Å². The number of rotatable bonds is 5. The number of amides is 1. The molecule has 0 saturated carbocycles. The van der Waals surface area contributed by atoms with Crippen molar-refractivity contribution in [3.05, 3.63) is 75.3 Å². The van der Waals surface area contributed by atoms with Gasteiger partial charge in [0.25, 0.3) is 11.6 Å². The zero-order chi connectivity index (χ0) is 17.7. The maximum absolute atomic E-state index is 12.4. The summed E-state index contributed by atoms with van der Waals surface area (Å²) in [5.74, 6) is -0.908. The smallest absolute Gasteiger partial charge is 0.269 e. The molecule has 0 saturated heterocycles. The van der Waals surface area contributed by atoms with Crippen LogP contribution in [0.1, 0.15) is 18.1 Å². The number of para-hydroxylation sites is 1. The largest absolute Gasteiger partial charge is 0.322 e. The molecule has 1 amide bonds. The number of Topliss-reactive ketones (excluding diaryl/α,β-unsaturated/α-hetero) is 1. The summed E-state index contributed by atoms with van der Waals surface area (Å²) in [6, 6.07) is 12.9. The Kier molecular flexibility index (Phi) is 5.21. The number of hydrogen-bond donors (Lipinski definition) is 1. The first-order chi connectivity index (χ1) is 11.4. The Balaban J connectivity index is 2.28. The molecule has 0 aliphatic carbocycles. The lowest BCUT2D eigenvalue weighted by atomic mass is 10.1. The summed E-state index contributed by atoms with van der Waals surface area (Å²) in [5, 5.41) is 13.4. The molecule has 0 heterocycles. The van der Waals surface area contributed by atoms with Gasteiger partial charge in [-0.1, -0.05) is 18.2 Å². The van der Waals surface area contributed by atoms with Crippen molar-refractivity contribution < 1.29 is 14.5 Å². The van der Waals surface area contributed by atoms with E-state index in [1.165, 1.54) is 37.3 Å². The molecule has 0 aliphatic heterocycles. The molecule has 0 spiro atoms. The van der Waals surface area contributed by atoms with Crippen LogP contribution in [0.25, 0.3) is 6.08 Å². The van der Waals surface area contributed by atoms with E-state index in [1.54, 1.807) is 12.1 Å². The normalized spacial score (nSPS) is 11.0. The third-order valence-electron chi connectivity index (χ3n) is 3.43. The maximum atomic E-state index is 12.4. The summed E-state index contributed by atoms with van der Waals surface area (Å²) < 4.78 is 0. The van der Waals surface area contributed by atoms with Crippen LogP contribution in [0.2, 0.25) is 0 Å². The summed E-state index contributed by atoms with van der Waals surface area (Å²) in [6.07, 6.45) is 1.42. The maximum Gasteiger partial charge on any atom is 0.269 e. The zero-order valence-electron chi connectivity index (χ0n) is 13.3. The molecule has 0 radical (unpaired) electrons. The molecule has 0 unspecified atom stereocenters. The van der Waals surface area contributed by atoms with E-state index < -0.39 is 10.8 Å².